The van der Waals surface area contributed by atoms with Gasteiger partial charge in [-0.05, 0) is 99.4 Å². The molecular weight excluding hydrogens is 340 g/mol. The molecule has 0 spiro atoms. The van der Waals surface area contributed by atoms with Crippen LogP contribution < -0.4 is 0 Å². The van der Waals surface area contributed by atoms with Crippen LogP contribution in [0, 0.1) is 23.2 Å². The minimum atomic E-state index is -2.93. The molecule has 0 radical (unpaired) electrons. The first-order valence-electron chi connectivity index (χ1n) is 14.2. The second kappa shape index (κ2) is 8.74. The minimum Gasteiger partial charge on any atom is -0.390 e. The van der Waals surface area contributed by atoms with Crippen LogP contribution in [0.1, 0.15) is 100.0 Å². The van der Waals surface area contributed by atoms with E-state index in [1.54, 1.807) is 5.57 Å². The van der Waals surface area contributed by atoms with Gasteiger partial charge in [-0.2, -0.15) is 0 Å². The molecule has 0 bridgehead atoms. The van der Waals surface area contributed by atoms with Crippen LogP contribution in [0.3, 0.4) is 0 Å². The van der Waals surface area contributed by atoms with E-state index < -0.39 is 19.3 Å². The van der Waals surface area contributed by atoms with Crippen LogP contribution in [-0.4, -0.2) is 10.7 Å². The zero-order chi connectivity index (χ0) is 25.4. The van der Waals surface area contributed by atoms with Crippen LogP contribution >= 0.6 is 0 Å². The molecule has 0 aromatic rings. The van der Waals surface area contributed by atoms with Crippen LogP contribution in [0.15, 0.2) is 47.6 Å². The summed E-state index contributed by atoms with van der Waals surface area (Å²) in [6, 6.07) is 0. The molecule has 1 N–H and O–H groups in total. The molecule has 0 unspecified atom stereocenters. The van der Waals surface area contributed by atoms with Crippen LogP contribution in [-0.2, 0) is 0 Å². The van der Waals surface area contributed by atoms with Crippen molar-refractivity contribution in [3.63, 3.8) is 0 Å². The lowest BCUT2D eigenvalue weighted by atomic mass is 9.60. The normalized spacial score (nSPS) is 38.9. The Morgan fingerprint density at radius 2 is 2.18 bits per heavy atom. The second-order valence-corrected chi connectivity index (χ2v) is 9.73. The van der Waals surface area contributed by atoms with E-state index in [1.807, 2.05) is 0 Å². The summed E-state index contributed by atoms with van der Waals surface area (Å²) in [7, 11) is 0. The Morgan fingerprint density at radius 1 is 1.36 bits per heavy atom. The molecule has 0 amide bonds. The topological polar surface area (TPSA) is 20.2 Å². The SMILES string of the molecule is [2H]C([2H])([2H])C(O)(CCC[C@@H](C)[C@H]1CC[C@H]2/C(=C/C=C3/C=CCCC3=C)CCC[C@]12C)C([2H])([2H])[2H]. The second-order valence-electron chi connectivity index (χ2n) is 9.73. The van der Waals surface area contributed by atoms with Gasteiger partial charge < -0.3 is 5.11 Å². The molecular formula is C27H42O. The third-order valence-corrected chi connectivity index (χ3v) is 7.72. The first-order valence-corrected chi connectivity index (χ1v) is 11.2. The molecule has 0 aliphatic heterocycles. The van der Waals surface area contributed by atoms with E-state index in [0.717, 1.165) is 32.1 Å². The molecule has 0 aromatic carbocycles. The summed E-state index contributed by atoms with van der Waals surface area (Å²) in [5.74, 6) is 1.44. The molecule has 4 atom stereocenters. The fraction of sp³-hybridized carbons (Fsp3) is 0.704. The highest BCUT2D eigenvalue weighted by atomic mass is 16.3. The molecule has 2 fully saturated rings. The Balaban J connectivity index is 1.68. The Bertz CT molecular complexity index is 832. The molecule has 3 aliphatic carbocycles. The smallest absolute Gasteiger partial charge is 0.0591 e. The molecule has 156 valence electrons. The van der Waals surface area contributed by atoms with Gasteiger partial charge in [0, 0.05) is 8.22 Å². The molecule has 0 heterocycles. The van der Waals surface area contributed by atoms with Gasteiger partial charge >= 0.3 is 0 Å². The minimum absolute atomic E-state index is 0.214. The highest BCUT2D eigenvalue weighted by Gasteiger charge is 2.50. The predicted molar refractivity (Wildman–Crippen MR) is 121 cm³/mol. The van der Waals surface area contributed by atoms with Crippen molar-refractivity contribution in [2.75, 3.05) is 0 Å². The molecule has 2 saturated carbocycles. The lowest BCUT2D eigenvalue weighted by Crippen LogP contribution is -2.36. The third kappa shape index (κ3) is 4.90. The maximum atomic E-state index is 10.6. The Hall–Kier alpha value is -1.08. The summed E-state index contributed by atoms with van der Waals surface area (Å²) in [4.78, 5) is 0. The first-order chi connectivity index (χ1) is 15.7. The standard InChI is InChI=1S/C27H42O/c1-20-10-6-7-12-22(20)14-15-23-13-9-19-27(5)24(16-17-25(23)27)21(2)11-8-18-26(3,4)28/h7,12,14-15,21,24-25,28H,1,6,8-11,13,16-19H2,2-5H3/b22-14-,23-15+/t21-,24-,25+,27-/m1/s1/i3D3,4D3. The van der Waals surface area contributed by atoms with Crippen molar-refractivity contribution >= 4 is 0 Å². The van der Waals surface area contributed by atoms with Gasteiger partial charge in [0.05, 0.1) is 5.60 Å². The number of hydrogen-bond acceptors (Lipinski definition) is 1. The summed E-state index contributed by atoms with van der Waals surface area (Å²) in [5.41, 5.74) is 1.57. The Morgan fingerprint density at radius 3 is 2.93 bits per heavy atom. The zero-order valence-corrected chi connectivity index (χ0v) is 17.8. The molecule has 0 aromatic heterocycles. The van der Waals surface area contributed by atoms with E-state index >= 15 is 0 Å². The van der Waals surface area contributed by atoms with Crippen LogP contribution in [0.4, 0.5) is 0 Å². The van der Waals surface area contributed by atoms with Crippen molar-refractivity contribution in [1.82, 2.24) is 0 Å². The van der Waals surface area contributed by atoms with Crippen molar-refractivity contribution in [3.8, 4) is 0 Å². The van der Waals surface area contributed by atoms with Crippen LogP contribution in [0.2, 0.25) is 0 Å². The van der Waals surface area contributed by atoms with E-state index in [9.17, 15) is 5.11 Å². The van der Waals surface area contributed by atoms with Gasteiger partial charge in [-0.25, -0.2) is 0 Å². The van der Waals surface area contributed by atoms with Gasteiger partial charge in [-0.3, -0.25) is 0 Å². The van der Waals surface area contributed by atoms with E-state index in [0.29, 0.717) is 24.2 Å². The average molecular weight is 389 g/mol. The van der Waals surface area contributed by atoms with Crippen molar-refractivity contribution < 1.29 is 13.3 Å². The maximum Gasteiger partial charge on any atom is 0.0591 e. The van der Waals surface area contributed by atoms with E-state index in [4.69, 9.17) is 8.22 Å². The van der Waals surface area contributed by atoms with Gasteiger partial charge in [0.2, 0.25) is 0 Å². The van der Waals surface area contributed by atoms with Crippen LogP contribution in [0.25, 0.3) is 0 Å². The summed E-state index contributed by atoms with van der Waals surface area (Å²) in [6.07, 6.45) is 17.8. The van der Waals surface area contributed by atoms with E-state index in [1.165, 1.54) is 30.4 Å². The number of aliphatic hydroxyl groups is 1. The Kier molecular flexibility index (Phi) is 4.63. The first kappa shape index (κ1) is 14.8. The molecule has 28 heavy (non-hydrogen) atoms. The van der Waals surface area contributed by atoms with E-state index in [-0.39, 0.29) is 11.8 Å². The summed E-state index contributed by atoms with van der Waals surface area (Å²) < 4.78 is 45.6. The quantitative estimate of drug-likeness (QED) is 0.498. The summed E-state index contributed by atoms with van der Waals surface area (Å²) in [6.45, 7) is 3.00. The fourth-order valence-corrected chi connectivity index (χ4v) is 6.20. The summed E-state index contributed by atoms with van der Waals surface area (Å²) in [5, 5.41) is 10.6. The molecule has 3 aliphatic rings. The highest BCUT2D eigenvalue weighted by Crippen LogP contribution is 2.59. The average Bonchev–Trinajstić information content (AvgIpc) is 3.09. The van der Waals surface area contributed by atoms with Crippen molar-refractivity contribution in [1.29, 1.82) is 0 Å². The molecule has 3 rings (SSSR count). The number of allylic oxidation sites excluding steroid dienone is 7. The van der Waals surface area contributed by atoms with Gasteiger partial charge in [-0.15, -0.1) is 0 Å². The molecule has 1 heteroatoms. The highest BCUT2D eigenvalue weighted by molar-refractivity contribution is 5.43. The zero-order valence-electron chi connectivity index (χ0n) is 23.8. The van der Waals surface area contributed by atoms with Crippen molar-refractivity contribution in [2.24, 2.45) is 23.2 Å². The fourth-order valence-electron chi connectivity index (χ4n) is 6.20. The monoisotopic (exact) mass is 388 g/mol. The lowest BCUT2D eigenvalue weighted by Gasteiger charge is -2.44. The third-order valence-electron chi connectivity index (χ3n) is 7.72. The van der Waals surface area contributed by atoms with Gasteiger partial charge in [0.25, 0.3) is 0 Å². The van der Waals surface area contributed by atoms with Gasteiger partial charge in [0.1, 0.15) is 0 Å². The van der Waals surface area contributed by atoms with Crippen LogP contribution in [0.5, 0.6) is 0 Å². The molecule has 0 saturated heterocycles. The van der Waals surface area contributed by atoms with Gasteiger partial charge in [0.15, 0.2) is 0 Å². The van der Waals surface area contributed by atoms with Crippen molar-refractivity contribution in [2.45, 2.75) is 97.4 Å². The lowest BCUT2D eigenvalue weighted by molar-refractivity contribution is 0.0597. The van der Waals surface area contributed by atoms with E-state index in [2.05, 4.69) is 44.7 Å². The van der Waals surface area contributed by atoms with Crippen molar-refractivity contribution in [3.05, 3.63) is 47.6 Å². The summed E-state index contributed by atoms with van der Waals surface area (Å²) >= 11 is 0. The largest absolute Gasteiger partial charge is 0.390 e. The molecule has 1 nitrogen and oxygen atoms in total. The maximum absolute atomic E-state index is 10.6. The number of hydrogen-bond donors (Lipinski definition) is 1. The Labute approximate surface area is 182 Å². The number of rotatable bonds is 6. The van der Waals surface area contributed by atoms with Gasteiger partial charge in [-0.1, -0.05) is 63.1 Å². The predicted octanol–water partition coefficient (Wildman–Crippen LogP) is 7.54. The number of fused-ring (bicyclic) bond motifs is 1.